The normalized spacial score (nSPS) is 15.3. The summed E-state index contributed by atoms with van der Waals surface area (Å²) in [6, 6.07) is 6.76. The number of carbonyl (C=O) groups is 2. The predicted molar refractivity (Wildman–Crippen MR) is 99.7 cm³/mol. The summed E-state index contributed by atoms with van der Waals surface area (Å²) in [6.07, 6.45) is 2.75. The molecule has 8 heteroatoms. The van der Waals surface area contributed by atoms with E-state index in [1.165, 1.54) is 6.20 Å². The highest BCUT2D eigenvalue weighted by atomic mass is 35.5. The molecule has 0 aromatic heterocycles. The first-order valence-corrected chi connectivity index (χ1v) is 8.99. The smallest absolute Gasteiger partial charge is 0.309 e. The summed E-state index contributed by atoms with van der Waals surface area (Å²) < 4.78 is 5.03. The zero-order chi connectivity index (χ0) is 19.1. The fourth-order valence-electron chi connectivity index (χ4n) is 2.64. The predicted octanol–water partition coefficient (Wildman–Crippen LogP) is 3.61. The molecule has 1 aromatic carbocycles. The maximum atomic E-state index is 12.3. The topological polar surface area (TPSA) is 82.4 Å². The summed E-state index contributed by atoms with van der Waals surface area (Å²) in [5.41, 5.74) is 0.293. The molecule has 0 radical (unpaired) electrons. The highest BCUT2D eigenvalue weighted by Crippen LogP contribution is 2.29. The number of anilines is 1. The van der Waals surface area contributed by atoms with Crippen LogP contribution in [0.25, 0.3) is 0 Å². The average molecular weight is 396 g/mol. The number of nitriles is 1. The van der Waals surface area contributed by atoms with Gasteiger partial charge in [0.1, 0.15) is 11.6 Å². The molecule has 1 aromatic rings. The van der Waals surface area contributed by atoms with Gasteiger partial charge in [-0.25, -0.2) is 0 Å². The third-order valence-corrected chi connectivity index (χ3v) is 4.84. The molecule has 26 heavy (non-hydrogen) atoms. The molecule has 1 aliphatic heterocycles. The summed E-state index contributed by atoms with van der Waals surface area (Å²) in [7, 11) is 0. The van der Waals surface area contributed by atoms with Gasteiger partial charge in [-0.2, -0.15) is 5.26 Å². The van der Waals surface area contributed by atoms with E-state index in [0.29, 0.717) is 43.2 Å². The third kappa shape index (κ3) is 5.13. The molecule has 1 N–H and O–H groups in total. The van der Waals surface area contributed by atoms with Gasteiger partial charge in [-0.3, -0.25) is 9.59 Å². The molecule has 0 spiro atoms. The van der Waals surface area contributed by atoms with Gasteiger partial charge in [0, 0.05) is 19.3 Å². The Labute approximate surface area is 162 Å². The Morgan fingerprint density at radius 1 is 1.38 bits per heavy atom. The first-order chi connectivity index (χ1) is 12.5. The summed E-state index contributed by atoms with van der Waals surface area (Å²) in [5, 5.41) is 12.4. The summed E-state index contributed by atoms with van der Waals surface area (Å²) in [6.45, 7) is 3.28. The second-order valence-electron chi connectivity index (χ2n) is 5.77. The number of hydrogen-bond acceptors (Lipinski definition) is 5. The molecular formula is C18H19Cl2N3O3. The van der Waals surface area contributed by atoms with Crippen molar-refractivity contribution in [2.24, 2.45) is 5.92 Å². The standard InChI is InChI=1S/C18H19Cl2N3O3/c1-2-26-18(25)12-6-8-23(9-7-12)11-13(10-21)17(24)22-15-5-3-4-14(19)16(15)20/h3-5,11-12H,2,6-9H2,1H3,(H,22,24)/b13-11-. The lowest BCUT2D eigenvalue weighted by atomic mass is 9.97. The number of hydrogen-bond donors (Lipinski definition) is 1. The van der Waals surface area contributed by atoms with Crippen molar-refractivity contribution in [3.63, 3.8) is 0 Å². The zero-order valence-electron chi connectivity index (χ0n) is 14.3. The molecule has 1 aliphatic rings. The van der Waals surface area contributed by atoms with Crippen LogP contribution in [0.5, 0.6) is 0 Å². The van der Waals surface area contributed by atoms with Crippen molar-refractivity contribution in [2.45, 2.75) is 19.8 Å². The molecule has 1 saturated heterocycles. The van der Waals surface area contributed by atoms with E-state index in [1.807, 2.05) is 11.0 Å². The second-order valence-corrected chi connectivity index (χ2v) is 6.56. The van der Waals surface area contributed by atoms with Crippen LogP contribution in [0.15, 0.2) is 30.0 Å². The highest BCUT2D eigenvalue weighted by Gasteiger charge is 2.25. The minimum atomic E-state index is -0.566. The molecule has 0 bridgehead atoms. The molecule has 1 heterocycles. The zero-order valence-corrected chi connectivity index (χ0v) is 15.8. The lowest BCUT2D eigenvalue weighted by Crippen LogP contribution is -2.34. The van der Waals surface area contributed by atoms with Crippen LogP contribution in [0.1, 0.15) is 19.8 Å². The van der Waals surface area contributed by atoms with E-state index in [2.05, 4.69) is 5.32 Å². The number of esters is 1. The van der Waals surface area contributed by atoms with E-state index in [4.69, 9.17) is 27.9 Å². The monoisotopic (exact) mass is 395 g/mol. The summed E-state index contributed by atoms with van der Waals surface area (Å²) >= 11 is 12.0. The van der Waals surface area contributed by atoms with Gasteiger partial charge < -0.3 is 15.0 Å². The number of benzene rings is 1. The number of piperidine rings is 1. The van der Waals surface area contributed by atoms with Crippen LogP contribution >= 0.6 is 23.2 Å². The number of amides is 1. The molecular weight excluding hydrogens is 377 g/mol. The SMILES string of the molecule is CCOC(=O)C1CCN(/C=C(/C#N)C(=O)Nc2cccc(Cl)c2Cl)CC1. The van der Waals surface area contributed by atoms with Crippen LogP contribution in [0.4, 0.5) is 5.69 Å². The molecule has 138 valence electrons. The molecule has 0 atom stereocenters. The maximum absolute atomic E-state index is 12.3. The largest absolute Gasteiger partial charge is 0.466 e. The third-order valence-electron chi connectivity index (χ3n) is 4.03. The van der Waals surface area contributed by atoms with Crippen LogP contribution in [-0.4, -0.2) is 36.5 Å². The molecule has 1 amide bonds. The van der Waals surface area contributed by atoms with Crippen molar-refractivity contribution in [2.75, 3.05) is 25.0 Å². The maximum Gasteiger partial charge on any atom is 0.309 e. The Morgan fingerprint density at radius 2 is 2.08 bits per heavy atom. The Kier molecular flexibility index (Phi) is 7.31. The van der Waals surface area contributed by atoms with Crippen molar-refractivity contribution >= 4 is 40.8 Å². The minimum Gasteiger partial charge on any atom is -0.466 e. The number of nitrogens with zero attached hydrogens (tertiary/aromatic N) is 2. The Hall–Kier alpha value is -2.23. The Morgan fingerprint density at radius 3 is 2.69 bits per heavy atom. The van der Waals surface area contributed by atoms with Crippen LogP contribution < -0.4 is 5.32 Å². The van der Waals surface area contributed by atoms with E-state index in [0.717, 1.165) is 0 Å². The van der Waals surface area contributed by atoms with Gasteiger partial charge >= 0.3 is 5.97 Å². The summed E-state index contributed by atoms with van der Waals surface area (Å²) in [5.74, 6) is -0.890. The van der Waals surface area contributed by atoms with Crippen molar-refractivity contribution in [3.05, 3.63) is 40.0 Å². The van der Waals surface area contributed by atoms with Gasteiger partial charge in [0.2, 0.25) is 0 Å². The number of carbonyl (C=O) groups excluding carboxylic acids is 2. The van der Waals surface area contributed by atoms with Gasteiger partial charge in [-0.15, -0.1) is 0 Å². The van der Waals surface area contributed by atoms with Gasteiger partial charge in [0.05, 0.1) is 28.3 Å². The average Bonchev–Trinajstić information content (AvgIpc) is 2.64. The first-order valence-electron chi connectivity index (χ1n) is 8.24. The van der Waals surface area contributed by atoms with Crippen molar-refractivity contribution in [3.8, 4) is 6.07 Å². The number of halogens is 2. The highest BCUT2D eigenvalue weighted by molar-refractivity contribution is 6.44. The fraction of sp³-hybridized carbons (Fsp3) is 0.389. The quantitative estimate of drug-likeness (QED) is 0.467. The second kappa shape index (κ2) is 9.46. The van der Waals surface area contributed by atoms with Gasteiger partial charge in [-0.1, -0.05) is 29.3 Å². The van der Waals surface area contributed by atoms with E-state index in [1.54, 1.807) is 25.1 Å². The van der Waals surface area contributed by atoms with Gasteiger partial charge in [0.25, 0.3) is 5.91 Å². The lowest BCUT2D eigenvalue weighted by molar-refractivity contribution is -0.149. The van der Waals surface area contributed by atoms with Crippen LogP contribution in [0, 0.1) is 17.2 Å². The Bertz CT molecular complexity index is 751. The van der Waals surface area contributed by atoms with Crippen molar-refractivity contribution in [1.29, 1.82) is 5.26 Å². The van der Waals surface area contributed by atoms with E-state index in [-0.39, 0.29) is 22.5 Å². The molecule has 0 unspecified atom stereocenters. The van der Waals surface area contributed by atoms with E-state index >= 15 is 0 Å². The van der Waals surface area contributed by atoms with Crippen LogP contribution in [0.3, 0.4) is 0 Å². The number of likely N-dealkylation sites (tertiary alicyclic amines) is 1. The number of ether oxygens (including phenoxy) is 1. The van der Waals surface area contributed by atoms with Crippen LogP contribution in [0.2, 0.25) is 10.0 Å². The van der Waals surface area contributed by atoms with Crippen LogP contribution in [-0.2, 0) is 14.3 Å². The molecule has 6 nitrogen and oxygen atoms in total. The van der Waals surface area contributed by atoms with Gasteiger partial charge in [-0.05, 0) is 31.9 Å². The molecule has 2 rings (SSSR count). The fourth-order valence-corrected chi connectivity index (χ4v) is 2.98. The number of rotatable bonds is 5. The van der Waals surface area contributed by atoms with Gasteiger partial charge in [0.15, 0.2) is 0 Å². The van der Waals surface area contributed by atoms with E-state index in [9.17, 15) is 14.9 Å². The van der Waals surface area contributed by atoms with Crippen molar-refractivity contribution < 1.29 is 14.3 Å². The number of nitrogens with one attached hydrogen (secondary N) is 1. The molecule has 0 aliphatic carbocycles. The van der Waals surface area contributed by atoms with Crippen molar-refractivity contribution in [1.82, 2.24) is 4.90 Å². The van der Waals surface area contributed by atoms with E-state index < -0.39 is 5.91 Å². The first kappa shape index (κ1) is 20.1. The lowest BCUT2D eigenvalue weighted by Gasteiger charge is -2.30. The molecule has 1 fully saturated rings. The molecule has 0 saturated carbocycles. The Balaban J connectivity index is 2.00. The summed E-state index contributed by atoms with van der Waals surface area (Å²) in [4.78, 5) is 25.9. The minimum absolute atomic E-state index is 0.0457.